The Balaban J connectivity index is 3.71. The van der Waals surface area contributed by atoms with E-state index in [0.29, 0.717) is 0 Å². The van der Waals surface area contributed by atoms with Gasteiger partial charge in [0.25, 0.3) is 0 Å². The number of carboxylic acids is 1. The van der Waals surface area contributed by atoms with Crippen molar-refractivity contribution in [3.8, 4) is 0 Å². The lowest BCUT2D eigenvalue weighted by molar-refractivity contribution is -0.136. The monoisotopic (exact) mass is 202 g/mol. The fourth-order valence-corrected chi connectivity index (χ4v) is 0.723. The maximum absolute atomic E-state index is 11.2. The highest BCUT2D eigenvalue weighted by Gasteiger charge is 2.17. The normalized spacial score (nSPS) is 10.8. The number of carbonyl (C=O) groups excluding carboxylic acids is 1. The Morgan fingerprint density at radius 3 is 2.36 bits per heavy atom. The van der Waals surface area contributed by atoms with Crippen LogP contribution in [-0.4, -0.2) is 29.2 Å². The molecule has 0 aromatic heterocycles. The van der Waals surface area contributed by atoms with Crippen molar-refractivity contribution in [2.75, 3.05) is 6.54 Å². The van der Waals surface area contributed by atoms with Crippen LogP contribution in [0.3, 0.4) is 0 Å². The lowest BCUT2D eigenvalue weighted by Crippen LogP contribution is -2.48. The molecule has 0 aliphatic rings. The van der Waals surface area contributed by atoms with Crippen LogP contribution in [-0.2, 0) is 4.79 Å². The Labute approximate surface area is 83.9 Å². The van der Waals surface area contributed by atoms with Crippen LogP contribution in [0.25, 0.3) is 0 Å². The van der Waals surface area contributed by atoms with Crippen molar-refractivity contribution >= 4 is 12.0 Å². The number of hydrogen-bond donors (Lipinski definition) is 3. The van der Waals surface area contributed by atoms with Gasteiger partial charge >= 0.3 is 12.0 Å². The maximum Gasteiger partial charge on any atom is 0.315 e. The van der Waals surface area contributed by atoms with Crippen LogP contribution in [0.15, 0.2) is 0 Å². The second kappa shape index (κ2) is 5.47. The molecule has 0 aromatic carbocycles. The fourth-order valence-electron chi connectivity index (χ4n) is 0.723. The molecule has 2 amide bonds. The molecule has 0 saturated heterocycles. The molecule has 0 atom stereocenters. The molecule has 0 saturated carbocycles. The third-order valence-corrected chi connectivity index (χ3v) is 1.96. The summed E-state index contributed by atoms with van der Waals surface area (Å²) >= 11 is 0. The van der Waals surface area contributed by atoms with Crippen LogP contribution in [0.4, 0.5) is 4.79 Å². The summed E-state index contributed by atoms with van der Waals surface area (Å²) in [6, 6.07) is -0.321. The molecule has 82 valence electrons. The highest BCUT2D eigenvalue weighted by atomic mass is 16.4. The number of carbonyl (C=O) groups is 2. The van der Waals surface area contributed by atoms with Gasteiger partial charge in [-0.2, -0.15) is 0 Å². The standard InChI is InChI=1S/C9H18N2O3/c1-4-9(2,3)11-8(14)10-6-5-7(12)13/h4-6H2,1-3H3,(H,12,13)(H2,10,11,14). The van der Waals surface area contributed by atoms with Gasteiger partial charge in [-0.15, -0.1) is 0 Å². The Kier molecular flexibility index (Phi) is 4.97. The predicted molar refractivity (Wildman–Crippen MR) is 53.2 cm³/mol. The van der Waals surface area contributed by atoms with Crippen molar-refractivity contribution in [1.82, 2.24) is 10.6 Å². The molecule has 5 heteroatoms. The minimum Gasteiger partial charge on any atom is -0.481 e. The van der Waals surface area contributed by atoms with Crippen molar-refractivity contribution < 1.29 is 14.7 Å². The van der Waals surface area contributed by atoms with Crippen molar-refractivity contribution in [3.05, 3.63) is 0 Å². The number of urea groups is 1. The molecule has 0 aliphatic heterocycles. The van der Waals surface area contributed by atoms with Gasteiger partial charge in [0.05, 0.1) is 6.42 Å². The van der Waals surface area contributed by atoms with E-state index in [9.17, 15) is 9.59 Å². The van der Waals surface area contributed by atoms with E-state index in [2.05, 4.69) is 10.6 Å². The molecule has 0 aromatic rings. The van der Waals surface area contributed by atoms with Crippen molar-refractivity contribution in [1.29, 1.82) is 0 Å². The summed E-state index contributed by atoms with van der Waals surface area (Å²) in [6.45, 7) is 5.94. The second-order valence-corrected chi connectivity index (χ2v) is 3.76. The average Bonchev–Trinajstić information content (AvgIpc) is 2.02. The molecule has 3 N–H and O–H groups in total. The molecular formula is C9H18N2O3. The van der Waals surface area contributed by atoms with Gasteiger partial charge in [0, 0.05) is 12.1 Å². The number of carboxylic acid groups (broad SMARTS) is 1. The minimum atomic E-state index is -0.917. The number of amides is 2. The van der Waals surface area contributed by atoms with Crippen LogP contribution in [0.2, 0.25) is 0 Å². The number of aliphatic carboxylic acids is 1. The van der Waals surface area contributed by atoms with Crippen molar-refractivity contribution in [3.63, 3.8) is 0 Å². The average molecular weight is 202 g/mol. The van der Waals surface area contributed by atoms with E-state index >= 15 is 0 Å². The smallest absolute Gasteiger partial charge is 0.315 e. The zero-order chi connectivity index (χ0) is 11.2. The second-order valence-electron chi connectivity index (χ2n) is 3.76. The first-order valence-corrected chi connectivity index (χ1v) is 4.65. The number of hydrogen-bond acceptors (Lipinski definition) is 2. The summed E-state index contributed by atoms with van der Waals surface area (Å²) in [4.78, 5) is 21.3. The summed E-state index contributed by atoms with van der Waals surface area (Å²) in [5.41, 5.74) is -0.257. The first kappa shape index (κ1) is 12.7. The lowest BCUT2D eigenvalue weighted by Gasteiger charge is -2.24. The summed E-state index contributed by atoms with van der Waals surface area (Å²) in [7, 11) is 0. The maximum atomic E-state index is 11.2. The molecule has 14 heavy (non-hydrogen) atoms. The molecule has 0 rings (SSSR count). The third kappa shape index (κ3) is 6.28. The third-order valence-electron chi connectivity index (χ3n) is 1.96. The fraction of sp³-hybridized carbons (Fsp3) is 0.778. The van der Waals surface area contributed by atoms with Crippen LogP contribution < -0.4 is 10.6 Å². The molecule has 0 unspecified atom stereocenters. The molecular weight excluding hydrogens is 184 g/mol. The van der Waals surface area contributed by atoms with Gasteiger partial charge in [0.2, 0.25) is 0 Å². The SMILES string of the molecule is CCC(C)(C)NC(=O)NCCC(=O)O. The van der Waals surface area contributed by atoms with E-state index in [-0.39, 0.29) is 24.5 Å². The zero-order valence-corrected chi connectivity index (χ0v) is 8.89. The summed E-state index contributed by atoms with van der Waals surface area (Å²) in [5.74, 6) is -0.917. The molecule has 0 fully saturated rings. The topological polar surface area (TPSA) is 78.4 Å². The van der Waals surface area contributed by atoms with Gasteiger partial charge in [0.15, 0.2) is 0 Å². The molecule has 0 heterocycles. The Hall–Kier alpha value is -1.26. The summed E-state index contributed by atoms with van der Waals surface area (Å²) in [6.07, 6.45) is 0.763. The van der Waals surface area contributed by atoms with E-state index in [1.165, 1.54) is 0 Å². The highest BCUT2D eigenvalue weighted by Crippen LogP contribution is 2.05. The van der Waals surface area contributed by atoms with Gasteiger partial charge in [-0.1, -0.05) is 6.92 Å². The van der Waals surface area contributed by atoms with Crippen LogP contribution in [0, 0.1) is 0 Å². The van der Waals surface area contributed by atoms with E-state index in [0.717, 1.165) is 6.42 Å². The summed E-state index contributed by atoms with van der Waals surface area (Å²) in [5, 5.41) is 13.5. The molecule has 0 spiro atoms. The quantitative estimate of drug-likeness (QED) is 0.621. The zero-order valence-electron chi connectivity index (χ0n) is 8.89. The van der Waals surface area contributed by atoms with Crippen molar-refractivity contribution in [2.24, 2.45) is 0 Å². The molecule has 0 aliphatic carbocycles. The predicted octanol–water partition coefficient (Wildman–Crippen LogP) is 0.949. The molecule has 0 bridgehead atoms. The lowest BCUT2D eigenvalue weighted by atomic mass is 10.0. The van der Waals surface area contributed by atoms with Crippen molar-refractivity contribution in [2.45, 2.75) is 39.2 Å². The Morgan fingerprint density at radius 1 is 1.36 bits per heavy atom. The molecule has 0 radical (unpaired) electrons. The number of rotatable bonds is 5. The van der Waals surface area contributed by atoms with Gasteiger partial charge < -0.3 is 15.7 Å². The first-order chi connectivity index (χ1) is 6.37. The van der Waals surface area contributed by atoms with Crippen LogP contribution in [0.5, 0.6) is 0 Å². The van der Waals surface area contributed by atoms with E-state index in [4.69, 9.17) is 5.11 Å². The summed E-state index contributed by atoms with van der Waals surface area (Å²) < 4.78 is 0. The van der Waals surface area contributed by atoms with Crippen LogP contribution in [0.1, 0.15) is 33.6 Å². The highest BCUT2D eigenvalue weighted by molar-refractivity contribution is 5.75. The Morgan fingerprint density at radius 2 is 1.93 bits per heavy atom. The molecule has 5 nitrogen and oxygen atoms in total. The first-order valence-electron chi connectivity index (χ1n) is 4.65. The largest absolute Gasteiger partial charge is 0.481 e. The van der Waals surface area contributed by atoms with Gasteiger partial charge in [-0.05, 0) is 20.3 Å². The Bertz CT molecular complexity index is 214. The van der Waals surface area contributed by atoms with E-state index < -0.39 is 5.97 Å². The van der Waals surface area contributed by atoms with Gasteiger partial charge in [-0.25, -0.2) is 4.79 Å². The van der Waals surface area contributed by atoms with E-state index in [1.54, 1.807) is 0 Å². The van der Waals surface area contributed by atoms with Gasteiger partial charge in [-0.3, -0.25) is 4.79 Å². The van der Waals surface area contributed by atoms with Crippen LogP contribution >= 0.6 is 0 Å². The van der Waals surface area contributed by atoms with Gasteiger partial charge in [0.1, 0.15) is 0 Å². The number of nitrogens with one attached hydrogen (secondary N) is 2. The minimum absolute atomic E-state index is 0.0556. The van der Waals surface area contributed by atoms with E-state index in [1.807, 2.05) is 20.8 Å².